The van der Waals surface area contributed by atoms with Crippen molar-refractivity contribution in [2.45, 2.75) is 51.5 Å². The molecule has 1 amide bonds. The van der Waals surface area contributed by atoms with Gasteiger partial charge in [-0.25, -0.2) is 4.79 Å². The lowest BCUT2D eigenvalue weighted by atomic mass is 10.2. The Kier molecular flexibility index (Phi) is 6.66. The Morgan fingerprint density at radius 1 is 1.36 bits per heavy atom. The van der Waals surface area contributed by atoms with Gasteiger partial charge in [0.2, 0.25) is 5.89 Å². The summed E-state index contributed by atoms with van der Waals surface area (Å²) in [6.07, 6.45) is -0.570. The fraction of sp³-hybridized carbons (Fsp3) is 0.692. The number of hydrogen-bond donors (Lipinski definition) is 1. The highest BCUT2D eigenvalue weighted by Crippen LogP contribution is 2.20. The molecule has 1 atom stereocenters. The topological polar surface area (TPSA) is 104 Å². The number of amides is 1. The normalized spacial score (nSPS) is 12.6. The van der Waals surface area contributed by atoms with Crippen LogP contribution in [0.2, 0.25) is 0 Å². The van der Waals surface area contributed by atoms with Gasteiger partial charge in [-0.05, 0) is 34.6 Å². The van der Waals surface area contributed by atoms with Crippen LogP contribution in [0.15, 0.2) is 9.64 Å². The molecule has 0 spiro atoms. The summed E-state index contributed by atoms with van der Waals surface area (Å²) in [5.74, 6) is -0.0343. The minimum Gasteiger partial charge on any atom is -0.465 e. The summed E-state index contributed by atoms with van der Waals surface area (Å²) in [6.45, 7) is 9.07. The van der Waals surface area contributed by atoms with Gasteiger partial charge in [-0.3, -0.25) is 4.79 Å². The summed E-state index contributed by atoms with van der Waals surface area (Å²) < 4.78 is 15.3. The number of alkyl carbamates (subject to hydrolysis) is 1. The molecule has 9 heteroatoms. The highest BCUT2D eigenvalue weighted by molar-refractivity contribution is 7.99. The van der Waals surface area contributed by atoms with Crippen LogP contribution >= 0.6 is 11.8 Å². The fourth-order valence-electron chi connectivity index (χ4n) is 1.32. The molecule has 0 aliphatic heterocycles. The van der Waals surface area contributed by atoms with Gasteiger partial charge in [-0.15, -0.1) is 10.2 Å². The maximum absolute atomic E-state index is 11.6. The molecular weight excluding hydrogens is 310 g/mol. The molecule has 1 aromatic heterocycles. The number of nitrogens with one attached hydrogen (secondary N) is 1. The van der Waals surface area contributed by atoms with E-state index in [0.717, 1.165) is 11.8 Å². The van der Waals surface area contributed by atoms with E-state index >= 15 is 0 Å². The highest BCUT2D eigenvalue weighted by Gasteiger charge is 2.21. The van der Waals surface area contributed by atoms with E-state index in [9.17, 15) is 9.59 Å². The first-order chi connectivity index (χ1) is 10.2. The first-order valence-electron chi connectivity index (χ1n) is 6.82. The smallest absolute Gasteiger partial charge is 0.408 e. The van der Waals surface area contributed by atoms with Crippen LogP contribution in [0.25, 0.3) is 0 Å². The monoisotopic (exact) mass is 331 g/mol. The molecule has 0 saturated heterocycles. The van der Waals surface area contributed by atoms with Crippen molar-refractivity contribution in [3.8, 4) is 0 Å². The van der Waals surface area contributed by atoms with Crippen LogP contribution in [0.5, 0.6) is 0 Å². The third-order valence-electron chi connectivity index (χ3n) is 2.14. The lowest BCUT2D eigenvalue weighted by Crippen LogP contribution is -2.34. The second kappa shape index (κ2) is 8.02. The van der Waals surface area contributed by atoms with Gasteiger partial charge >= 0.3 is 12.1 Å². The number of thioether (sulfide) groups is 1. The summed E-state index contributed by atoms with van der Waals surface area (Å²) in [5, 5.41) is 10.5. The van der Waals surface area contributed by atoms with Gasteiger partial charge in [0, 0.05) is 0 Å². The van der Waals surface area contributed by atoms with Crippen LogP contribution in [0, 0.1) is 0 Å². The van der Waals surface area contributed by atoms with Crippen LogP contribution in [0.4, 0.5) is 4.79 Å². The van der Waals surface area contributed by atoms with Crippen LogP contribution in [0.1, 0.15) is 46.6 Å². The zero-order valence-corrected chi connectivity index (χ0v) is 14.2. The molecule has 0 unspecified atom stereocenters. The number of rotatable bonds is 6. The average molecular weight is 331 g/mol. The largest absolute Gasteiger partial charge is 0.465 e. The minimum atomic E-state index is -0.584. The van der Waals surface area contributed by atoms with E-state index in [1.54, 1.807) is 34.6 Å². The zero-order chi connectivity index (χ0) is 16.8. The van der Waals surface area contributed by atoms with Gasteiger partial charge in [0.1, 0.15) is 17.4 Å². The van der Waals surface area contributed by atoms with Crippen molar-refractivity contribution in [2.75, 3.05) is 12.4 Å². The lowest BCUT2D eigenvalue weighted by molar-refractivity contribution is -0.139. The Morgan fingerprint density at radius 3 is 2.64 bits per heavy atom. The quantitative estimate of drug-likeness (QED) is 0.625. The number of hydrogen-bond acceptors (Lipinski definition) is 8. The van der Waals surface area contributed by atoms with E-state index in [-0.39, 0.29) is 22.8 Å². The van der Waals surface area contributed by atoms with Crippen molar-refractivity contribution < 1.29 is 23.5 Å². The third-order valence-corrected chi connectivity index (χ3v) is 2.94. The van der Waals surface area contributed by atoms with Crippen LogP contribution in [-0.2, 0) is 14.3 Å². The number of carbonyl (C=O) groups excluding carboxylic acids is 2. The Hall–Kier alpha value is -1.77. The molecule has 1 heterocycles. The maximum Gasteiger partial charge on any atom is 0.408 e. The summed E-state index contributed by atoms with van der Waals surface area (Å²) in [4.78, 5) is 22.9. The third kappa shape index (κ3) is 6.79. The molecule has 124 valence electrons. The van der Waals surface area contributed by atoms with Gasteiger partial charge in [0.15, 0.2) is 0 Å². The van der Waals surface area contributed by atoms with Crippen LogP contribution in [0.3, 0.4) is 0 Å². The van der Waals surface area contributed by atoms with Gasteiger partial charge in [-0.2, -0.15) is 0 Å². The zero-order valence-electron chi connectivity index (χ0n) is 13.3. The predicted octanol–water partition coefficient (Wildman–Crippen LogP) is 2.31. The molecule has 0 aromatic carbocycles. The first-order valence-corrected chi connectivity index (χ1v) is 7.81. The average Bonchev–Trinajstić information content (AvgIpc) is 2.83. The van der Waals surface area contributed by atoms with Crippen LogP contribution in [-0.4, -0.2) is 40.2 Å². The number of ether oxygens (including phenoxy) is 2. The van der Waals surface area contributed by atoms with E-state index < -0.39 is 17.7 Å². The molecule has 1 aromatic rings. The maximum atomic E-state index is 11.6. The Bertz CT molecular complexity index is 512. The van der Waals surface area contributed by atoms with Gasteiger partial charge in [0.05, 0.1) is 6.61 Å². The summed E-state index contributed by atoms with van der Waals surface area (Å²) in [7, 11) is 0. The number of carbonyl (C=O) groups is 2. The second-order valence-electron chi connectivity index (χ2n) is 5.37. The molecule has 1 N–H and O–H groups in total. The van der Waals surface area contributed by atoms with Crippen LogP contribution < -0.4 is 5.32 Å². The molecule has 22 heavy (non-hydrogen) atoms. The molecule has 0 aliphatic carbocycles. The molecule has 8 nitrogen and oxygen atoms in total. The second-order valence-corrected chi connectivity index (χ2v) is 6.29. The highest BCUT2D eigenvalue weighted by atomic mass is 32.2. The van der Waals surface area contributed by atoms with Crippen molar-refractivity contribution in [2.24, 2.45) is 0 Å². The minimum absolute atomic E-state index is 0.0867. The molecular formula is C13H21N3O5S. The molecule has 1 rings (SSSR count). The van der Waals surface area contributed by atoms with E-state index in [1.807, 2.05) is 0 Å². The van der Waals surface area contributed by atoms with E-state index in [4.69, 9.17) is 13.9 Å². The molecule has 0 radical (unpaired) electrons. The molecule has 0 bridgehead atoms. The molecule has 0 saturated carbocycles. The van der Waals surface area contributed by atoms with Crippen molar-refractivity contribution in [3.05, 3.63) is 5.89 Å². The number of nitrogens with zero attached hydrogens (tertiary/aromatic N) is 2. The number of esters is 1. The standard InChI is InChI=1S/C13H21N3O5S/c1-6-19-9(17)7-22-12-16-15-10(20-12)8(2)14-11(18)21-13(3,4)5/h8H,6-7H2,1-5H3,(H,14,18)/t8-/m0/s1. The Balaban J connectivity index is 2.49. The predicted molar refractivity (Wildman–Crippen MR) is 79.4 cm³/mol. The van der Waals surface area contributed by atoms with E-state index in [1.165, 1.54) is 0 Å². The fourth-order valence-corrected chi connectivity index (χ4v) is 1.89. The molecule has 0 fully saturated rings. The van der Waals surface area contributed by atoms with Gasteiger partial charge in [-0.1, -0.05) is 11.8 Å². The summed E-state index contributed by atoms with van der Waals surface area (Å²) in [5.41, 5.74) is -0.584. The first kappa shape index (κ1) is 18.3. The van der Waals surface area contributed by atoms with Crippen molar-refractivity contribution in [3.63, 3.8) is 0 Å². The van der Waals surface area contributed by atoms with Crippen molar-refractivity contribution >= 4 is 23.8 Å². The van der Waals surface area contributed by atoms with Crippen molar-refractivity contribution in [1.29, 1.82) is 0 Å². The summed E-state index contributed by atoms with van der Waals surface area (Å²) in [6, 6.07) is -0.501. The lowest BCUT2D eigenvalue weighted by Gasteiger charge is -2.20. The number of aromatic nitrogens is 2. The van der Waals surface area contributed by atoms with Gasteiger partial charge < -0.3 is 19.2 Å². The Labute approximate surface area is 133 Å². The van der Waals surface area contributed by atoms with Crippen molar-refractivity contribution in [1.82, 2.24) is 15.5 Å². The van der Waals surface area contributed by atoms with E-state index in [0.29, 0.717) is 6.61 Å². The summed E-state index contributed by atoms with van der Waals surface area (Å²) >= 11 is 1.08. The Morgan fingerprint density at radius 2 is 2.05 bits per heavy atom. The van der Waals surface area contributed by atoms with Gasteiger partial charge in [0.25, 0.3) is 5.22 Å². The SMILES string of the molecule is CCOC(=O)CSc1nnc([C@H](C)NC(=O)OC(C)(C)C)o1. The van der Waals surface area contributed by atoms with E-state index in [2.05, 4.69) is 15.5 Å². The molecule has 0 aliphatic rings.